The van der Waals surface area contributed by atoms with E-state index in [-0.39, 0.29) is 5.91 Å². The number of anilines is 1. The number of nitriles is 1. The maximum absolute atomic E-state index is 13.1. The number of nitrogens with zero attached hydrogens (tertiary/aromatic N) is 7. The maximum Gasteiger partial charge on any atom is 0.255 e. The molecule has 1 fully saturated rings. The van der Waals surface area contributed by atoms with Crippen molar-refractivity contribution < 1.29 is 4.79 Å². The zero-order valence-electron chi connectivity index (χ0n) is 17.4. The fraction of sp³-hybridized carbons (Fsp3) is 0.208. The number of rotatable bonds is 4. The highest BCUT2D eigenvalue weighted by Crippen LogP contribution is 2.22. The van der Waals surface area contributed by atoms with Gasteiger partial charge in [0.25, 0.3) is 5.91 Å². The van der Waals surface area contributed by atoms with Crippen molar-refractivity contribution in [3.63, 3.8) is 0 Å². The average molecular weight is 423 g/mol. The van der Waals surface area contributed by atoms with Crippen LogP contribution in [0.5, 0.6) is 0 Å². The van der Waals surface area contributed by atoms with E-state index in [1.54, 1.807) is 24.8 Å². The minimum atomic E-state index is -0.0492. The lowest BCUT2D eigenvalue weighted by Gasteiger charge is -2.36. The molecule has 0 spiro atoms. The Morgan fingerprint density at radius 1 is 1.00 bits per heavy atom. The van der Waals surface area contributed by atoms with E-state index in [2.05, 4.69) is 25.9 Å². The predicted molar refractivity (Wildman–Crippen MR) is 120 cm³/mol. The van der Waals surface area contributed by atoms with Gasteiger partial charge in [-0.1, -0.05) is 18.2 Å². The number of imidazole rings is 1. The summed E-state index contributed by atoms with van der Waals surface area (Å²) in [5.41, 5.74) is 4.45. The molecule has 1 aliphatic heterocycles. The molecule has 158 valence electrons. The Balaban J connectivity index is 1.29. The van der Waals surface area contributed by atoms with E-state index in [1.165, 1.54) is 0 Å². The third-order valence-electron chi connectivity index (χ3n) is 5.69. The van der Waals surface area contributed by atoms with Gasteiger partial charge in [0, 0.05) is 38.6 Å². The predicted octanol–water partition coefficient (Wildman–Crippen LogP) is 2.71. The first kappa shape index (κ1) is 19.7. The second kappa shape index (κ2) is 8.47. The zero-order chi connectivity index (χ0) is 21.9. The average Bonchev–Trinajstić information content (AvgIpc) is 3.26. The fourth-order valence-corrected chi connectivity index (χ4v) is 4.02. The summed E-state index contributed by atoms with van der Waals surface area (Å²) in [4.78, 5) is 30.4. The van der Waals surface area contributed by atoms with Gasteiger partial charge in [-0.25, -0.2) is 9.97 Å². The number of para-hydroxylation sites is 1. The smallest absolute Gasteiger partial charge is 0.255 e. The largest absolute Gasteiger partial charge is 0.367 e. The highest BCUT2D eigenvalue weighted by atomic mass is 16.2. The molecule has 4 heterocycles. The highest BCUT2D eigenvalue weighted by Gasteiger charge is 2.24. The van der Waals surface area contributed by atoms with Crippen LogP contribution in [0.15, 0.2) is 67.3 Å². The molecule has 0 atom stereocenters. The van der Waals surface area contributed by atoms with Crippen LogP contribution in [0.25, 0.3) is 11.2 Å². The number of fused-ring (bicyclic) bond motifs is 1. The van der Waals surface area contributed by atoms with Crippen molar-refractivity contribution in [2.24, 2.45) is 0 Å². The Bertz CT molecular complexity index is 1300. The molecule has 1 saturated heterocycles. The van der Waals surface area contributed by atoms with Crippen molar-refractivity contribution >= 4 is 22.8 Å². The highest BCUT2D eigenvalue weighted by molar-refractivity contribution is 5.96. The topological polar surface area (TPSA) is 90.9 Å². The molecular formula is C24H21N7O. The van der Waals surface area contributed by atoms with Gasteiger partial charge in [-0.05, 0) is 30.3 Å². The summed E-state index contributed by atoms with van der Waals surface area (Å²) in [7, 11) is 0. The third-order valence-corrected chi connectivity index (χ3v) is 5.69. The second-order valence-corrected chi connectivity index (χ2v) is 7.67. The molecule has 0 bridgehead atoms. The maximum atomic E-state index is 13.1. The van der Waals surface area contributed by atoms with E-state index in [0.29, 0.717) is 49.4 Å². The van der Waals surface area contributed by atoms with Crippen LogP contribution >= 0.6 is 0 Å². The zero-order valence-corrected chi connectivity index (χ0v) is 17.4. The lowest BCUT2D eigenvalue weighted by atomic mass is 10.1. The SMILES string of the molecule is N#Cc1ccccc1N1CCN(C(=O)c2cnc3c(c2)ncn3Cc2ccccn2)CC1. The van der Waals surface area contributed by atoms with Gasteiger partial charge in [-0.2, -0.15) is 5.26 Å². The van der Waals surface area contributed by atoms with E-state index < -0.39 is 0 Å². The van der Waals surface area contributed by atoms with E-state index >= 15 is 0 Å². The van der Waals surface area contributed by atoms with Crippen molar-refractivity contribution in [3.8, 4) is 6.07 Å². The van der Waals surface area contributed by atoms with E-state index in [9.17, 15) is 10.1 Å². The van der Waals surface area contributed by atoms with Gasteiger partial charge in [-0.15, -0.1) is 0 Å². The molecule has 3 aromatic heterocycles. The van der Waals surface area contributed by atoms with Crippen LogP contribution in [0.2, 0.25) is 0 Å². The molecule has 0 aliphatic carbocycles. The molecule has 1 amide bonds. The van der Waals surface area contributed by atoms with Crippen LogP contribution in [0.3, 0.4) is 0 Å². The lowest BCUT2D eigenvalue weighted by Crippen LogP contribution is -2.49. The van der Waals surface area contributed by atoms with Gasteiger partial charge in [0.2, 0.25) is 0 Å². The summed E-state index contributed by atoms with van der Waals surface area (Å²) in [5.74, 6) is -0.0492. The van der Waals surface area contributed by atoms with Crippen molar-refractivity contribution in [2.45, 2.75) is 6.54 Å². The molecule has 0 radical (unpaired) electrons. The van der Waals surface area contributed by atoms with Crippen molar-refractivity contribution in [3.05, 3.63) is 84.1 Å². The first-order chi connectivity index (χ1) is 15.7. The molecule has 32 heavy (non-hydrogen) atoms. The number of aromatic nitrogens is 4. The number of hydrogen-bond acceptors (Lipinski definition) is 6. The van der Waals surface area contributed by atoms with Gasteiger partial charge in [0.15, 0.2) is 5.65 Å². The van der Waals surface area contributed by atoms with E-state index in [1.807, 2.05) is 51.9 Å². The van der Waals surface area contributed by atoms with Crippen LogP contribution in [0.1, 0.15) is 21.6 Å². The molecule has 1 aliphatic rings. The molecule has 0 saturated carbocycles. The lowest BCUT2D eigenvalue weighted by molar-refractivity contribution is 0.0746. The Morgan fingerprint density at radius 2 is 1.81 bits per heavy atom. The van der Waals surface area contributed by atoms with Crippen LogP contribution in [0.4, 0.5) is 5.69 Å². The summed E-state index contributed by atoms with van der Waals surface area (Å²) in [6.45, 7) is 3.11. The van der Waals surface area contributed by atoms with Gasteiger partial charge in [-0.3, -0.25) is 9.78 Å². The first-order valence-corrected chi connectivity index (χ1v) is 10.5. The number of carbonyl (C=O) groups is 1. The molecule has 0 N–H and O–H groups in total. The summed E-state index contributed by atoms with van der Waals surface area (Å²) in [5, 5.41) is 9.35. The monoisotopic (exact) mass is 423 g/mol. The third kappa shape index (κ3) is 3.76. The Hall–Kier alpha value is -4.25. The molecular weight excluding hydrogens is 402 g/mol. The molecule has 8 nitrogen and oxygen atoms in total. The van der Waals surface area contributed by atoms with Gasteiger partial charge in [0.05, 0.1) is 35.4 Å². The number of amides is 1. The van der Waals surface area contributed by atoms with E-state index in [4.69, 9.17) is 0 Å². The van der Waals surface area contributed by atoms with Crippen LogP contribution in [-0.2, 0) is 6.54 Å². The minimum absolute atomic E-state index is 0.0492. The molecule has 8 heteroatoms. The minimum Gasteiger partial charge on any atom is -0.367 e. The van der Waals surface area contributed by atoms with Crippen molar-refractivity contribution in [1.29, 1.82) is 5.26 Å². The van der Waals surface area contributed by atoms with Gasteiger partial charge >= 0.3 is 0 Å². The second-order valence-electron chi connectivity index (χ2n) is 7.67. The number of benzene rings is 1. The van der Waals surface area contributed by atoms with Crippen molar-refractivity contribution in [1.82, 2.24) is 24.4 Å². The van der Waals surface area contributed by atoms with Crippen molar-refractivity contribution in [2.75, 3.05) is 31.1 Å². The summed E-state index contributed by atoms with van der Waals surface area (Å²) in [6.07, 6.45) is 5.11. The Labute approximate surface area is 185 Å². The molecule has 5 rings (SSSR count). The number of pyridine rings is 2. The fourth-order valence-electron chi connectivity index (χ4n) is 4.02. The van der Waals surface area contributed by atoms with Gasteiger partial charge in [0.1, 0.15) is 11.6 Å². The quantitative estimate of drug-likeness (QED) is 0.501. The van der Waals surface area contributed by atoms with Crippen LogP contribution < -0.4 is 4.90 Å². The number of hydrogen-bond donors (Lipinski definition) is 0. The molecule has 4 aromatic rings. The van der Waals surface area contributed by atoms with E-state index in [0.717, 1.165) is 17.0 Å². The standard InChI is InChI=1S/C24H21N7O/c25-14-18-5-1-2-7-22(18)29-9-11-30(12-10-29)24(32)19-13-21-23(27-15-19)31(17-28-21)16-20-6-3-4-8-26-20/h1-8,13,15,17H,9-12,16H2. The molecule has 0 unspecified atom stereocenters. The summed E-state index contributed by atoms with van der Waals surface area (Å²) >= 11 is 0. The molecule has 1 aromatic carbocycles. The summed E-state index contributed by atoms with van der Waals surface area (Å²) < 4.78 is 1.93. The number of carbonyl (C=O) groups excluding carboxylic acids is 1. The normalized spacial score (nSPS) is 13.8. The number of piperazine rings is 1. The van der Waals surface area contributed by atoms with Crippen LogP contribution in [-0.4, -0.2) is 56.5 Å². The Morgan fingerprint density at radius 3 is 2.59 bits per heavy atom. The Kier molecular flexibility index (Phi) is 5.22. The van der Waals surface area contributed by atoms with Gasteiger partial charge < -0.3 is 14.4 Å². The van der Waals surface area contributed by atoms with Crippen LogP contribution in [0, 0.1) is 11.3 Å². The first-order valence-electron chi connectivity index (χ1n) is 10.5. The summed E-state index contributed by atoms with van der Waals surface area (Å²) in [6, 6.07) is 17.4.